The van der Waals surface area contributed by atoms with Crippen LogP contribution in [0, 0.1) is 0 Å². The second kappa shape index (κ2) is 8.28. The molecule has 0 aliphatic carbocycles. The Hall–Kier alpha value is 0.359. The molecular weight excluding hydrogens is 509 g/mol. The van der Waals surface area contributed by atoms with E-state index in [4.69, 9.17) is 46.4 Å². The van der Waals surface area contributed by atoms with Crippen molar-refractivity contribution < 1.29 is 35.1 Å². The molecule has 0 aromatic rings. The Kier molecular flexibility index (Phi) is 8.42. The number of rotatable bonds is 4. The molecule has 0 fully saturated rings. The third-order valence-corrected chi connectivity index (χ3v) is 19.8. The van der Waals surface area contributed by atoms with Crippen LogP contribution in [0.25, 0.3) is 0 Å². The summed E-state index contributed by atoms with van der Waals surface area (Å²) in [5.74, 6) is 0. The summed E-state index contributed by atoms with van der Waals surface area (Å²) in [5, 5.41) is 0. The molecule has 0 spiro atoms. The summed E-state index contributed by atoms with van der Waals surface area (Å²) < 4.78 is 92.9. The van der Waals surface area contributed by atoms with Crippen molar-refractivity contribution in [3.63, 3.8) is 0 Å². The molecule has 0 saturated carbocycles. The van der Waals surface area contributed by atoms with Gasteiger partial charge < -0.3 is 0 Å². The monoisotopic (exact) mass is 508 g/mol. The summed E-state index contributed by atoms with van der Waals surface area (Å²) in [7, 11) is 0. The first-order chi connectivity index (χ1) is 9.42. The zero-order valence-corrected chi connectivity index (χ0v) is 14.9. The number of hydrogen-bond donors (Lipinski definition) is 0. The van der Waals surface area contributed by atoms with Crippen molar-refractivity contribution in [1.29, 1.82) is 0 Å². The quantitative estimate of drug-likeness (QED) is 0.284. The average Bonchev–Trinajstić information content (AvgIpc) is 2.37. The van der Waals surface area contributed by atoms with Crippen LogP contribution < -0.4 is 0 Å². The van der Waals surface area contributed by atoms with Crippen molar-refractivity contribution in [1.82, 2.24) is 0 Å². The first-order valence-corrected chi connectivity index (χ1v) is 11.5. The molecule has 120 valence electrons. The summed E-state index contributed by atoms with van der Waals surface area (Å²) in [6, 6.07) is 0. The minimum atomic E-state index is -6.85. The molecule has 0 atom stereocenters. The van der Waals surface area contributed by atoms with Gasteiger partial charge in [-0.25, -0.2) is 0 Å². The third kappa shape index (κ3) is 4.21. The van der Waals surface area contributed by atoms with E-state index in [1.165, 1.54) is 0 Å². The van der Waals surface area contributed by atoms with Gasteiger partial charge in [-0.05, 0) is 0 Å². The molecule has 0 N–H and O–H groups in total. The normalized spacial score (nSPS) is 10.9. The summed E-state index contributed by atoms with van der Waals surface area (Å²) in [6.07, 6.45) is -11.9. The Bertz CT molecular complexity index is 449. The first kappa shape index (κ1) is 21.4. The van der Waals surface area contributed by atoms with Crippen molar-refractivity contribution in [2.45, 2.75) is 0 Å². The van der Waals surface area contributed by atoms with Crippen molar-refractivity contribution in [2.24, 2.45) is 0 Å². The van der Waals surface area contributed by atoms with Gasteiger partial charge in [0.2, 0.25) is 0 Å². The molecule has 0 unspecified atom stereocenters. The Labute approximate surface area is 136 Å². The topological polar surface area (TPSA) is 0 Å². The molecule has 0 aliphatic rings. The SMILES string of the molecule is FC(F)=[C](Cl)[Sn]([C](Cl)=C(F)F)([C](Cl)=C(F)F)[C](Cl)=C(F)F. The van der Waals surface area contributed by atoms with Gasteiger partial charge in [0.25, 0.3) is 0 Å². The molecule has 13 heteroatoms. The predicted molar refractivity (Wildman–Crippen MR) is 66.1 cm³/mol. The summed E-state index contributed by atoms with van der Waals surface area (Å²) in [5.41, 5.74) is 0. The molecule has 0 heterocycles. The molecule has 0 aromatic heterocycles. The van der Waals surface area contributed by atoms with E-state index in [0.29, 0.717) is 0 Å². The first-order valence-electron chi connectivity index (χ1n) is 4.27. The Morgan fingerprint density at radius 1 is 0.429 bits per heavy atom. The van der Waals surface area contributed by atoms with E-state index >= 15 is 0 Å². The molecule has 0 radical (unpaired) electrons. The molecule has 0 aliphatic heterocycles. The molecule has 0 amide bonds. The van der Waals surface area contributed by atoms with Crippen LogP contribution in [0.4, 0.5) is 35.1 Å². The standard InChI is InChI=1S/4C2ClF2.Sn/c4*3-1-2(4)5;. The predicted octanol–water partition coefficient (Wildman–Crippen LogP) is 6.98. The van der Waals surface area contributed by atoms with Gasteiger partial charge in [0.15, 0.2) is 0 Å². The van der Waals surface area contributed by atoms with Gasteiger partial charge in [0, 0.05) is 0 Å². The van der Waals surface area contributed by atoms with Crippen LogP contribution >= 0.6 is 46.4 Å². The van der Waals surface area contributed by atoms with E-state index < -0.39 is 54.9 Å². The Morgan fingerprint density at radius 2 is 0.571 bits per heavy atom. The van der Waals surface area contributed by atoms with Crippen LogP contribution in [0.2, 0.25) is 0 Å². The number of hydrogen-bond acceptors (Lipinski definition) is 0. The third-order valence-electron chi connectivity index (χ3n) is 1.98. The van der Waals surface area contributed by atoms with E-state index in [0.717, 1.165) is 0 Å². The van der Waals surface area contributed by atoms with Crippen molar-refractivity contribution >= 4 is 64.8 Å². The second-order valence-corrected chi connectivity index (χ2v) is 18.2. The van der Waals surface area contributed by atoms with Gasteiger partial charge in [-0.2, -0.15) is 0 Å². The second-order valence-electron chi connectivity index (χ2n) is 3.05. The van der Waals surface area contributed by atoms with Crippen LogP contribution in [0.5, 0.6) is 0 Å². The summed E-state index contributed by atoms with van der Waals surface area (Å²) in [4.78, 5) is 0. The maximum absolute atomic E-state index is 12.6. The van der Waals surface area contributed by atoms with Gasteiger partial charge >= 0.3 is 136 Å². The van der Waals surface area contributed by atoms with Gasteiger partial charge in [-0.15, -0.1) is 0 Å². The fraction of sp³-hybridized carbons (Fsp3) is 0. The van der Waals surface area contributed by atoms with E-state index in [9.17, 15) is 35.1 Å². The van der Waals surface area contributed by atoms with Crippen LogP contribution in [-0.4, -0.2) is 18.4 Å². The van der Waals surface area contributed by atoms with Crippen LogP contribution in [0.15, 0.2) is 36.5 Å². The molecule has 0 bridgehead atoms. The molecule has 0 saturated heterocycles. The van der Waals surface area contributed by atoms with E-state index in [1.54, 1.807) is 0 Å². The maximum atomic E-state index is 12.6. The van der Waals surface area contributed by atoms with Crippen molar-refractivity contribution in [3.8, 4) is 0 Å². The fourth-order valence-electron chi connectivity index (χ4n) is 1.15. The van der Waals surface area contributed by atoms with E-state index in [1.807, 2.05) is 0 Å². The van der Waals surface area contributed by atoms with Gasteiger partial charge in [0.1, 0.15) is 0 Å². The molecule has 0 nitrogen and oxygen atoms in total. The molecule has 0 rings (SSSR count). The average molecular weight is 509 g/mol. The fourth-order valence-corrected chi connectivity index (χ4v) is 17.2. The summed E-state index contributed by atoms with van der Waals surface area (Å²) in [6.45, 7) is 0. The minimum absolute atomic E-state index is 2.02. The zero-order chi connectivity index (χ0) is 17.1. The summed E-state index contributed by atoms with van der Waals surface area (Å²) >= 11 is 13.2. The molecule has 21 heavy (non-hydrogen) atoms. The van der Waals surface area contributed by atoms with E-state index in [2.05, 4.69) is 0 Å². The number of halogens is 12. The van der Waals surface area contributed by atoms with E-state index in [-0.39, 0.29) is 0 Å². The van der Waals surface area contributed by atoms with Crippen molar-refractivity contribution in [2.75, 3.05) is 0 Å². The zero-order valence-electron chi connectivity index (χ0n) is 9.04. The van der Waals surface area contributed by atoms with Crippen LogP contribution in [0.1, 0.15) is 0 Å². The van der Waals surface area contributed by atoms with Crippen molar-refractivity contribution in [3.05, 3.63) is 36.5 Å². The van der Waals surface area contributed by atoms with Gasteiger partial charge in [0.05, 0.1) is 0 Å². The Balaban J connectivity index is 7.21. The van der Waals surface area contributed by atoms with Gasteiger partial charge in [-0.1, -0.05) is 0 Å². The Morgan fingerprint density at radius 3 is 0.667 bits per heavy atom. The van der Waals surface area contributed by atoms with Crippen LogP contribution in [-0.2, 0) is 0 Å². The molecule has 0 aromatic carbocycles. The molecular formula is C8Cl4F8Sn. The van der Waals surface area contributed by atoms with Crippen LogP contribution in [0.3, 0.4) is 0 Å². The van der Waals surface area contributed by atoms with Gasteiger partial charge in [-0.3, -0.25) is 0 Å².